The van der Waals surface area contributed by atoms with E-state index >= 15 is 0 Å². The monoisotopic (exact) mass is 373 g/mol. The first-order valence-corrected chi connectivity index (χ1v) is 9.92. The Morgan fingerprint density at radius 1 is 0.714 bits per heavy atom. The van der Waals surface area contributed by atoms with Crippen molar-refractivity contribution in [2.75, 3.05) is 13.2 Å². The zero-order valence-electron chi connectivity index (χ0n) is 15.6. The molecular weight excluding hydrogens is 350 g/mol. The molecule has 0 saturated heterocycles. The second-order valence-corrected chi connectivity index (χ2v) is 7.46. The summed E-state index contributed by atoms with van der Waals surface area (Å²) < 4.78 is 11.7. The van der Waals surface area contributed by atoms with Gasteiger partial charge in [0.15, 0.2) is 0 Å². The Labute approximate surface area is 164 Å². The van der Waals surface area contributed by atoms with Gasteiger partial charge in [-0.2, -0.15) is 0 Å². The van der Waals surface area contributed by atoms with Crippen molar-refractivity contribution in [3.05, 3.63) is 78.2 Å². The van der Waals surface area contributed by atoms with Crippen LogP contribution in [0.25, 0.3) is 0 Å². The number of hydrogen-bond acceptors (Lipinski definition) is 5. The number of hydrogen-bond donors (Lipinski definition) is 0. The fourth-order valence-corrected chi connectivity index (χ4v) is 3.94. The standard InChI is InChI=1S/C23H23N3O2/c1-3-8-16(9-4-1)20-14-27-22(25-20)18-12-7-13-19(24-18)23-26-21(15-28-23)17-10-5-2-6-11-17/h1-8,10,12-13,16-17,20-21H,9,11,14-15H2/t16?,17?,20-,21-/m1/s1. The second kappa shape index (κ2) is 7.58. The highest BCUT2D eigenvalue weighted by atomic mass is 16.5. The zero-order chi connectivity index (χ0) is 18.8. The van der Waals surface area contributed by atoms with Crippen molar-refractivity contribution in [1.82, 2.24) is 4.98 Å². The molecule has 5 heteroatoms. The molecule has 3 heterocycles. The third-order valence-corrected chi connectivity index (χ3v) is 5.55. The molecule has 0 aromatic carbocycles. The van der Waals surface area contributed by atoms with Crippen molar-refractivity contribution in [1.29, 1.82) is 0 Å². The van der Waals surface area contributed by atoms with E-state index < -0.39 is 0 Å². The molecule has 5 rings (SSSR count). The first-order valence-electron chi connectivity index (χ1n) is 9.92. The Hall–Kier alpha value is -2.95. The van der Waals surface area contributed by atoms with Crippen LogP contribution in [0.1, 0.15) is 24.2 Å². The molecule has 0 spiro atoms. The van der Waals surface area contributed by atoms with Gasteiger partial charge in [-0.15, -0.1) is 0 Å². The molecule has 2 aliphatic carbocycles. The van der Waals surface area contributed by atoms with Gasteiger partial charge in [0.1, 0.15) is 24.6 Å². The summed E-state index contributed by atoms with van der Waals surface area (Å²) in [6, 6.07) is 6.13. The maximum atomic E-state index is 5.87. The van der Waals surface area contributed by atoms with Gasteiger partial charge in [-0.3, -0.25) is 0 Å². The van der Waals surface area contributed by atoms with E-state index in [-0.39, 0.29) is 12.1 Å². The number of allylic oxidation sites excluding steroid dienone is 6. The van der Waals surface area contributed by atoms with E-state index in [4.69, 9.17) is 24.4 Å². The van der Waals surface area contributed by atoms with Crippen LogP contribution < -0.4 is 0 Å². The van der Waals surface area contributed by atoms with E-state index in [1.54, 1.807) is 0 Å². The van der Waals surface area contributed by atoms with Crippen LogP contribution in [0.4, 0.5) is 0 Å². The lowest BCUT2D eigenvalue weighted by Crippen LogP contribution is -2.18. The van der Waals surface area contributed by atoms with Crippen molar-refractivity contribution < 1.29 is 9.47 Å². The summed E-state index contributed by atoms with van der Waals surface area (Å²) in [5.74, 6) is 2.02. The third kappa shape index (κ3) is 3.44. The van der Waals surface area contributed by atoms with E-state index in [0.29, 0.717) is 36.8 Å². The van der Waals surface area contributed by atoms with Crippen LogP contribution in [0.5, 0.6) is 0 Å². The van der Waals surface area contributed by atoms with Crippen LogP contribution in [0.2, 0.25) is 0 Å². The lowest BCUT2D eigenvalue weighted by Gasteiger charge is -2.15. The predicted molar refractivity (Wildman–Crippen MR) is 110 cm³/mol. The molecule has 0 radical (unpaired) electrons. The molecule has 0 amide bonds. The number of aromatic nitrogens is 1. The summed E-state index contributed by atoms with van der Waals surface area (Å²) in [4.78, 5) is 14.3. The van der Waals surface area contributed by atoms with Crippen LogP contribution in [0, 0.1) is 11.8 Å². The number of aliphatic imine (C=N–C) groups is 2. The first-order chi connectivity index (χ1) is 13.9. The Bertz CT molecular complexity index is 854. The molecule has 2 aliphatic heterocycles. The average molecular weight is 373 g/mol. The van der Waals surface area contributed by atoms with Gasteiger partial charge in [-0.05, 0) is 25.0 Å². The molecular formula is C23H23N3O2. The topological polar surface area (TPSA) is 56.1 Å². The first kappa shape index (κ1) is 17.2. The normalized spacial score (nSPS) is 30.7. The van der Waals surface area contributed by atoms with Crippen LogP contribution >= 0.6 is 0 Å². The Kier molecular flexibility index (Phi) is 4.65. The van der Waals surface area contributed by atoms with Gasteiger partial charge < -0.3 is 9.47 Å². The lowest BCUT2D eigenvalue weighted by atomic mass is 9.94. The van der Waals surface area contributed by atoms with Gasteiger partial charge in [0.25, 0.3) is 0 Å². The van der Waals surface area contributed by atoms with Crippen molar-refractivity contribution in [3.8, 4) is 0 Å². The minimum atomic E-state index is 0.150. The summed E-state index contributed by atoms with van der Waals surface area (Å²) in [6.45, 7) is 1.20. The summed E-state index contributed by atoms with van der Waals surface area (Å²) in [7, 11) is 0. The van der Waals surface area contributed by atoms with Crippen molar-refractivity contribution in [3.63, 3.8) is 0 Å². The lowest BCUT2D eigenvalue weighted by molar-refractivity contribution is 0.292. The minimum Gasteiger partial charge on any atom is -0.474 e. The fourth-order valence-electron chi connectivity index (χ4n) is 3.94. The third-order valence-electron chi connectivity index (χ3n) is 5.55. The Balaban J connectivity index is 1.33. The zero-order valence-corrected chi connectivity index (χ0v) is 15.6. The highest BCUT2D eigenvalue weighted by Crippen LogP contribution is 2.25. The summed E-state index contributed by atoms with van der Waals surface area (Å²) in [5, 5.41) is 0. The van der Waals surface area contributed by atoms with Crippen molar-refractivity contribution >= 4 is 11.8 Å². The summed E-state index contributed by atoms with van der Waals surface area (Å²) in [6.07, 6.45) is 19.1. The van der Waals surface area contributed by atoms with Crippen LogP contribution in [0.3, 0.4) is 0 Å². The highest BCUT2D eigenvalue weighted by molar-refractivity contribution is 5.97. The van der Waals surface area contributed by atoms with E-state index in [1.165, 1.54) is 0 Å². The Morgan fingerprint density at radius 3 is 1.71 bits per heavy atom. The van der Waals surface area contributed by atoms with E-state index in [0.717, 1.165) is 24.2 Å². The fraction of sp³-hybridized carbons (Fsp3) is 0.348. The quantitative estimate of drug-likeness (QED) is 0.810. The molecule has 28 heavy (non-hydrogen) atoms. The van der Waals surface area contributed by atoms with Gasteiger partial charge >= 0.3 is 0 Å². The van der Waals surface area contributed by atoms with E-state index in [1.807, 2.05) is 18.2 Å². The molecule has 5 nitrogen and oxygen atoms in total. The minimum absolute atomic E-state index is 0.150. The van der Waals surface area contributed by atoms with Crippen molar-refractivity contribution in [2.24, 2.45) is 21.8 Å². The SMILES string of the molecule is C1=CCC([C@H]2COC(c3cccc(C4=N[C@@H](C5C=CC=CC5)CO4)n3)=N2)C=C1. The largest absolute Gasteiger partial charge is 0.474 e. The van der Waals surface area contributed by atoms with Crippen LogP contribution in [-0.2, 0) is 9.47 Å². The molecule has 0 fully saturated rings. The molecule has 1 aromatic rings. The average Bonchev–Trinajstić information content (AvgIpc) is 3.46. The maximum Gasteiger partial charge on any atom is 0.235 e. The molecule has 142 valence electrons. The van der Waals surface area contributed by atoms with Crippen LogP contribution in [0.15, 0.2) is 76.8 Å². The van der Waals surface area contributed by atoms with Gasteiger partial charge in [0, 0.05) is 11.8 Å². The second-order valence-electron chi connectivity index (χ2n) is 7.46. The van der Waals surface area contributed by atoms with Gasteiger partial charge in [-0.1, -0.05) is 54.7 Å². The molecule has 0 N–H and O–H groups in total. The van der Waals surface area contributed by atoms with Gasteiger partial charge in [0.2, 0.25) is 11.8 Å². The molecule has 0 bridgehead atoms. The molecule has 2 unspecified atom stereocenters. The van der Waals surface area contributed by atoms with E-state index in [9.17, 15) is 0 Å². The van der Waals surface area contributed by atoms with Gasteiger partial charge in [0.05, 0.1) is 12.1 Å². The van der Waals surface area contributed by atoms with E-state index in [2.05, 4.69) is 48.6 Å². The number of pyridine rings is 1. The number of rotatable bonds is 4. The van der Waals surface area contributed by atoms with Crippen molar-refractivity contribution in [2.45, 2.75) is 24.9 Å². The molecule has 4 atom stereocenters. The highest BCUT2D eigenvalue weighted by Gasteiger charge is 2.29. The smallest absolute Gasteiger partial charge is 0.235 e. The van der Waals surface area contributed by atoms with Crippen LogP contribution in [-0.4, -0.2) is 42.1 Å². The summed E-state index contributed by atoms with van der Waals surface area (Å²) in [5.41, 5.74) is 1.48. The predicted octanol–water partition coefficient (Wildman–Crippen LogP) is 3.64. The molecule has 1 aromatic heterocycles. The molecule has 0 saturated carbocycles. The maximum absolute atomic E-state index is 5.87. The number of nitrogens with zero attached hydrogens (tertiary/aromatic N) is 3. The Morgan fingerprint density at radius 2 is 1.25 bits per heavy atom. The number of ether oxygens (including phenoxy) is 2. The molecule has 4 aliphatic rings. The summed E-state index contributed by atoms with van der Waals surface area (Å²) >= 11 is 0. The van der Waals surface area contributed by atoms with Gasteiger partial charge in [-0.25, -0.2) is 15.0 Å².